The summed E-state index contributed by atoms with van der Waals surface area (Å²) in [5.74, 6) is 1.12. The van der Waals surface area contributed by atoms with Gasteiger partial charge in [0.05, 0.1) is 18.9 Å². The summed E-state index contributed by atoms with van der Waals surface area (Å²) < 4.78 is 10.3. The van der Waals surface area contributed by atoms with Crippen molar-refractivity contribution in [2.45, 2.75) is 65.0 Å². The Hall–Kier alpha value is -3.28. The van der Waals surface area contributed by atoms with E-state index in [1.54, 1.807) is 22.8 Å². The highest BCUT2D eigenvalue weighted by Gasteiger charge is 2.29. The molecule has 192 valence electrons. The zero-order valence-electron chi connectivity index (χ0n) is 21.2. The van der Waals surface area contributed by atoms with E-state index < -0.39 is 23.5 Å². The number of carbonyl (C=O) groups is 4. The number of esters is 1. The number of allylic oxidation sites excluding steroid dienone is 1. The van der Waals surface area contributed by atoms with Crippen LogP contribution in [0.4, 0.5) is 4.79 Å². The van der Waals surface area contributed by atoms with Crippen LogP contribution in [0.1, 0.15) is 53.4 Å². The van der Waals surface area contributed by atoms with Crippen molar-refractivity contribution in [3.05, 3.63) is 23.8 Å². The van der Waals surface area contributed by atoms with Crippen LogP contribution in [-0.4, -0.2) is 78.1 Å². The predicted molar refractivity (Wildman–Crippen MR) is 131 cm³/mol. The van der Waals surface area contributed by atoms with Crippen molar-refractivity contribution >= 4 is 23.9 Å². The van der Waals surface area contributed by atoms with Crippen LogP contribution in [0, 0.1) is 18.3 Å². The van der Waals surface area contributed by atoms with Gasteiger partial charge in [-0.3, -0.25) is 14.4 Å². The van der Waals surface area contributed by atoms with E-state index in [4.69, 9.17) is 15.9 Å². The number of hydrogen-bond acceptors (Lipinski definition) is 6. The number of rotatable bonds is 7. The van der Waals surface area contributed by atoms with Crippen LogP contribution in [0.5, 0.6) is 0 Å². The van der Waals surface area contributed by atoms with Crippen LogP contribution in [0.2, 0.25) is 0 Å². The number of piperidine rings is 1. The Balaban J connectivity index is 1.86. The molecule has 35 heavy (non-hydrogen) atoms. The van der Waals surface area contributed by atoms with Crippen molar-refractivity contribution in [1.82, 2.24) is 15.1 Å². The lowest BCUT2D eigenvalue weighted by atomic mass is 9.96. The van der Waals surface area contributed by atoms with E-state index in [1.807, 2.05) is 26.8 Å². The van der Waals surface area contributed by atoms with Gasteiger partial charge >= 0.3 is 12.1 Å². The zero-order valence-corrected chi connectivity index (χ0v) is 21.2. The topological polar surface area (TPSA) is 105 Å². The summed E-state index contributed by atoms with van der Waals surface area (Å²) in [6.45, 7) is 9.24. The molecule has 0 aliphatic carbocycles. The molecule has 9 nitrogen and oxygen atoms in total. The van der Waals surface area contributed by atoms with Gasteiger partial charge in [-0.25, -0.2) is 4.79 Å². The van der Waals surface area contributed by atoms with Crippen molar-refractivity contribution in [2.24, 2.45) is 5.92 Å². The summed E-state index contributed by atoms with van der Waals surface area (Å²) in [4.78, 5) is 52.5. The summed E-state index contributed by atoms with van der Waals surface area (Å²) >= 11 is 0. The Labute approximate surface area is 207 Å². The van der Waals surface area contributed by atoms with Crippen LogP contribution in [0.15, 0.2) is 23.8 Å². The fourth-order valence-electron chi connectivity index (χ4n) is 3.83. The van der Waals surface area contributed by atoms with E-state index in [2.05, 4.69) is 11.2 Å². The molecule has 0 saturated carbocycles. The second kappa shape index (κ2) is 13.0. The van der Waals surface area contributed by atoms with E-state index in [0.717, 1.165) is 5.57 Å². The van der Waals surface area contributed by atoms with E-state index in [1.165, 1.54) is 6.08 Å². The van der Waals surface area contributed by atoms with Gasteiger partial charge in [0.2, 0.25) is 11.8 Å². The Morgan fingerprint density at radius 3 is 2.60 bits per heavy atom. The molecule has 2 heterocycles. The summed E-state index contributed by atoms with van der Waals surface area (Å²) in [5, 5.41) is 2.71. The van der Waals surface area contributed by atoms with Gasteiger partial charge in [-0.15, -0.1) is 6.42 Å². The molecule has 3 amide bonds. The Morgan fingerprint density at radius 2 is 2.00 bits per heavy atom. The standard InChI is InChI=1S/C26H37N3O6/c1-6-21(17-23(31)34-7-2)27-24(32)20-9-8-14-29(18-20)22(30)11-10-19-12-15-28(16-13-19)25(33)35-26(3,4)5/h1,10-12,20-21H,7-9,13-18H2,2-5H3,(H,27,32)/b11-10+/t20-,21?/m1/s1. The lowest BCUT2D eigenvalue weighted by Crippen LogP contribution is -2.47. The van der Waals surface area contributed by atoms with Gasteiger partial charge in [0.1, 0.15) is 11.6 Å². The monoisotopic (exact) mass is 487 g/mol. The maximum Gasteiger partial charge on any atom is 0.410 e. The molecule has 0 aromatic carbocycles. The fraction of sp³-hybridized carbons (Fsp3) is 0.615. The van der Waals surface area contributed by atoms with Crippen molar-refractivity contribution in [2.75, 3.05) is 32.8 Å². The number of likely N-dealkylation sites (tertiary alicyclic amines) is 1. The van der Waals surface area contributed by atoms with E-state index >= 15 is 0 Å². The number of terminal acetylenes is 1. The number of carbonyl (C=O) groups excluding carboxylic acids is 4. The number of nitrogens with one attached hydrogen (secondary N) is 1. The van der Waals surface area contributed by atoms with Crippen LogP contribution in [0.3, 0.4) is 0 Å². The molecule has 1 N–H and O–H groups in total. The highest BCUT2D eigenvalue weighted by atomic mass is 16.6. The van der Waals surface area contributed by atoms with Gasteiger partial charge < -0.3 is 24.6 Å². The molecule has 2 rings (SSSR count). The lowest BCUT2D eigenvalue weighted by Gasteiger charge is -2.32. The van der Waals surface area contributed by atoms with E-state index in [-0.39, 0.29) is 37.5 Å². The third-order valence-corrected chi connectivity index (χ3v) is 5.63. The Bertz CT molecular complexity index is 896. The van der Waals surface area contributed by atoms with Crippen molar-refractivity contribution < 1.29 is 28.7 Å². The van der Waals surface area contributed by atoms with Gasteiger partial charge in [0.25, 0.3) is 0 Å². The number of nitrogens with zero attached hydrogens (tertiary/aromatic N) is 2. The van der Waals surface area contributed by atoms with Gasteiger partial charge in [0, 0.05) is 32.3 Å². The maximum atomic E-state index is 12.7. The van der Waals surface area contributed by atoms with E-state index in [0.29, 0.717) is 38.9 Å². The predicted octanol–water partition coefficient (Wildman–Crippen LogP) is 2.42. The highest BCUT2D eigenvalue weighted by Crippen LogP contribution is 2.19. The second-order valence-electron chi connectivity index (χ2n) is 9.65. The van der Waals surface area contributed by atoms with Gasteiger partial charge in [0.15, 0.2) is 0 Å². The summed E-state index contributed by atoms with van der Waals surface area (Å²) in [6, 6.07) is -0.744. The molecule has 2 aliphatic heterocycles. The quantitative estimate of drug-likeness (QED) is 0.336. The van der Waals surface area contributed by atoms with Gasteiger partial charge in [-0.05, 0) is 52.5 Å². The molecule has 0 aromatic heterocycles. The molecule has 1 saturated heterocycles. The highest BCUT2D eigenvalue weighted by molar-refractivity contribution is 5.89. The van der Waals surface area contributed by atoms with Crippen molar-refractivity contribution in [3.8, 4) is 12.3 Å². The van der Waals surface area contributed by atoms with Crippen LogP contribution >= 0.6 is 0 Å². The summed E-state index contributed by atoms with van der Waals surface area (Å²) in [7, 11) is 0. The molecular weight excluding hydrogens is 450 g/mol. The first-order chi connectivity index (χ1) is 16.5. The average Bonchev–Trinajstić information content (AvgIpc) is 2.81. The van der Waals surface area contributed by atoms with Gasteiger partial charge in [-0.2, -0.15) is 0 Å². The minimum absolute atomic E-state index is 0.0886. The molecule has 0 aromatic rings. The first-order valence-electron chi connectivity index (χ1n) is 12.1. The van der Waals surface area contributed by atoms with Gasteiger partial charge in [-0.1, -0.05) is 18.1 Å². The fourth-order valence-corrected chi connectivity index (χ4v) is 3.83. The minimum Gasteiger partial charge on any atom is -0.466 e. The molecular formula is C26H37N3O6. The van der Waals surface area contributed by atoms with Crippen LogP contribution in [0.25, 0.3) is 0 Å². The second-order valence-corrected chi connectivity index (χ2v) is 9.65. The first-order valence-corrected chi connectivity index (χ1v) is 12.1. The summed E-state index contributed by atoms with van der Waals surface area (Å²) in [5.41, 5.74) is 0.430. The Morgan fingerprint density at radius 1 is 1.26 bits per heavy atom. The van der Waals surface area contributed by atoms with Crippen LogP contribution in [-0.2, 0) is 23.9 Å². The molecule has 2 aliphatic rings. The normalized spacial score (nSPS) is 19.4. The average molecular weight is 488 g/mol. The van der Waals surface area contributed by atoms with Crippen molar-refractivity contribution in [3.63, 3.8) is 0 Å². The number of hydrogen-bond donors (Lipinski definition) is 1. The number of amides is 3. The van der Waals surface area contributed by atoms with Crippen molar-refractivity contribution in [1.29, 1.82) is 0 Å². The molecule has 9 heteroatoms. The molecule has 0 spiro atoms. The molecule has 1 fully saturated rings. The lowest BCUT2D eigenvalue weighted by molar-refractivity contribution is -0.143. The molecule has 0 bridgehead atoms. The molecule has 0 radical (unpaired) electrons. The van der Waals surface area contributed by atoms with Crippen LogP contribution < -0.4 is 5.32 Å². The third kappa shape index (κ3) is 9.47. The number of ether oxygens (including phenoxy) is 2. The zero-order chi connectivity index (χ0) is 26.0. The SMILES string of the molecule is C#CC(CC(=O)OCC)NC(=O)[C@@H]1CCCN(C(=O)/C=C/C2=CCN(C(=O)OC(C)(C)C)CC2)C1. The summed E-state index contributed by atoms with van der Waals surface area (Å²) in [6.07, 6.45) is 12.2. The largest absolute Gasteiger partial charge is 0.466 e. The Kier molecular flexibility index (Phi) is 10.4. The minimum atomic E-state index is -0.744. The third-order valence-electron chi connectivity index (χ3n) is 5.63. The smallest absolute Gasteiger partial charge is 0.410 e. The van der Waals surface area contributed by atoms with E-state index in [9.17, 15) is 19.2 Å². The maximum absolute atomic E-state index is 12.7. The molecule has 2 atom stereocenters. The first kappa shape index (κ1) is 28.0. The molecule has 1 unspecified atom stereocenters.